The number of pyridine rings is 1. The van der Waals surface area contributed by atoms with Crippen LogP contribution in [0.2, 0.25) is 0 Å². The molecule has 3 nitrogen and oxygen atoms in total. The van der Waals surface area contributed by atoms with Crippen LogP contribution >= 0.6 is 0 Å². The fourth-order valence-electron chi connectivity index (χ4n) is 1.65. The van der Waals surface area contributed by atoms with Gasteiger partial charge >= 0.3 is 0 Å². The van der Waals surface area contributed by atoms with Crippen LogP contribution in [-0.2, 0) is 0 Å². The van der Waals surface area contributed by atoms with Crippen LogP contribution in [0.15, 0.2) is 60.9 Å². The normalized spacial score (nSPS) is 10.5. The van der Waals surface area contributed by atoms with E-state index in [0.29, 0.717) is 12.1 Å². The van der Waals surface area contributed by atoms with Crippen molar-refractivity contribution in [3.8, 4) is 0 Å². The molecule has 1 aromatic heterocycles. The van der Waals surface area contributed by atoms with E-state index in [1.54, 1.807) is 24.5 Å². The van der Waals surface area contributed by atoms with Gasteiger partial charge in [-0.1, -0.05) is 42.5 Å². The molecule has 19 heavy (non-hydrogen) atoms. The molecular formula is C16H16N2O. The first-order valence-corrected chi connectivity index (χ1v) is 6.26. The molecule has 0 saturated carbocycles. The van der Waals surface area contributed by atoms with Crippen molar-refractivity contribution in [2.45, 2.75) is 6.42 Å². The van der Waals surface area contributed by atoms with Gasteiger partial charge in [0, 0.05) is 18.9 Å². The number of aromatic nitrogens is 1. The molecule has 0 unspecified atom stereocenters. The number of rotatable bonds is 5. The highest BCUT2D eigenvalue weighted by molar-refractivity contribution is 5.93. The molecule has 1 amide bonds. The summed E-state index contributed by atoms with van der Waals surface area (Å²) in [6, 6.07) is 13.6. The first-order chi connectivity index (χ1) is 9.36. The van der Waals surface area contributed by atoms with Crippen molar-refractivity contribution in [1.29, 1.82) is 0 Å². The Morgan fingerprint density at radius 2 is 2.00 bits per heavy atom. The SMILES string of the molecule is O=C(NCC/C=C/c1ccccc1)c1cccnc1. The van der Waals surface area contributed by atoms with E-state index in [0.717, 1.165) is 6.42 Å². The van der Waals surface area contributed by atoms with E-state index >= 15 is 0 Å². The smallest absolute Gasteiger partial charge is 0.252 e. The number of amides is 1. The maximum Gasteiger partial charge on any atom is 0.252 e. The third kappa shape index (κ3) is 4.39. The molecule has 0 bridgehead atoms. The molecule has 2 aromatic rings. The van der Waals surface area contributed by atoms with E-state index in [1.165, 1.54) is 5.56 Å². The summed E-state index contributed by atoms with van der Waals surface area (Å²) in [5.41, 5.74) is 1.76. The Kier molecular flexibility index (Phi) is 4.87. The first kappa shape index (κ1) is 13.0. The third-order valence-electron chi connectivity index (χ3n) is 2.63. The number of carbonyl (C=O) groups is 1. The predicted octanol–water partition coefficient (Wildman–Crippen LogP) is 2.91. The Balaban J connectivity index is 1.73. The van der Waals surface area contributed by atoms with Crippen LogP contribution in [-0.4, -0.2) is 17.4 Å². The average molecular weight is 252 g/mol. The zero-order valence-corrected chi connectivity index (χ0v) is 10.6. The summed E-state index contributed by atoms with van der Waals surface area (Å²) in [6.45, 7) is 0.622. The first-order valence-electron chi connectivity index (χ1n) is 6.26. The summed E-state index contributed by atoms with van der Waals surface area (Å²) in [4.78, 5) is 15.6. The Morgan fingerprint density at radius 3 is 2.74 bits per heavy atom. The second-order valence-electron chi connectivity index (χ2n) is 4.10. The minimum absolute atomic E-state index is 0.0822. The summed E-state index contributed by atoms with van der Waals surface area (Å²) in [5, 5.41) is 2.86. The zero-order valence-electron chi connectivity index (χ0n) is 10.6. The van der Waals surface area contributed by atoms with Gasteiger partial charge in [-0.2, -0.15) is 0 Å². The van der Waals surface area contributed by atoms with Crippen molar-refractivity contribution in [2.75, 3.05) is 6.54 Å². The molecule has 0 spiro atoms. The van der Waals surface area contributed by atoms with Crippen molar-refractivity contribution in [3.05, 3.63) is 72.1 Å². The Morgan fingerprint density at radius 1 is 1.16 bits per heavy atom. The lowest BCUT2D eigenvalue weighted by atomic mass is 10.2. The number of benzene rings is 1. The lowest BCUT2D eigenvalue weighted by Gasteiger charge is -2.02. The maximum atomic E-state index is 11.7. The number of hydrogen-bond acceptors (Lipinski definition) is 2. The van der Waals surface area contributed by atoms with Crippen LogP contribution in [0.3, 0.4) is 0 Å². The topological polar surface area (TPSA) is 42.0 Å². The fraction of sp³-hybridized carbons (Fsp3) is 0.125. The summed E-state index contributed by atoms with van der Waals surface area (Å²) in [5.74, 6) is -0.0822. The van der Waals surface area contributed by atoms with E-state index < -0.39 is 0 Å². The summed E-state index contributed by atoms with van der Waals surface area (Å²) >= 11 is 0. The van der Waals surface area contributed by atoms with E-state index in [9.17, 15) is 4.79 Å². The monoisotopic (exact) mass is 252 g/mol. The van der Waals surface area contributed by atoms with Crippen molar-refractivity contribution in [1.82, 2.24) is 10.3 Å². The van der Waals surface area contributed by atoms with Crippen molar-refractivity contribution >= 4 is 12.0 Å². The lowest BCUT2D eigenvalue weighted by molar-refractivity contribution is 0.0954. The van der Waals surface area contributed by atoms with E-state index in [-0.39, 0.29) is 5.91 Å². The van der Waals surface area contributed by atoms with Gasteiger partial charge in [0.2, 0.25) is 0 Å². The molecule has 0 aliphatic heterocycles. The van der Waals surface area contributed by atoms with Gasteiger partial charge < -0.3 is 5.32 Å². The number of carbonyl (C=O) groups excluding carboxylic acids is 1. The van der Waals surface area contributed by atoms with Gasteiger partial charge in [-0.25, -0.2) is 0 Å². The van der Waals surface area contributed by atoms with Crippen LogP contribution < -0.4 is 5.32 Å². The standard InChI is InChI=1S/C16H16N2O/c19-16(15-10-6-11-17-13-15)18-12-5-4-9-14-7-2-1-3-8-14/h1-4,6-11,13H,5,12H2,(H,18,19)/b9-4+. The molecule has 0 radical (unpaired) electrons. The van der Waals surface area contributed by atoms with Crippen LogP contribution in [0.5, 0.6) is 0 Å². The molecule has 2 rings (SSSR count). The number of nitrogens with one attached hydrogen (secondary N) is 1. The number of nitrogens with zero attached hydrogens (tertiary/aromatic N) is 1. The van der Waals surface area contributed by atoms with Crippen LogP contribution in [0.4, 0.5) is 0 Å². The molecule has 0 saturated heterocycles. The molecule has 0 atom stereocenters. The van der Waals surface area contributed by atoms with E-state index in [4.69, 9.17) is 0 Å². The van der Waals surface area contributed by atoms with Crippen LogP contribution in [0, 0.1) is 0 Å². The summed E-state index contributed by atoms with van der Waals surface area (Å²) in [7, 11) is 0. The predicted molar refractivity (Wildman–Crippen MR) is 76.7 cm³/mol. The van der Waals surface area contributed by atoms with Gasteiger partial charge in [-0.3, -0.25) is 9.78 Å². The van der Waals surface area contributed by atoms with Crippen molar-refractivity contribution in [3.63, 3.8) is 0 Å². The minimum atomic E-state index is -0.0822. The third-order valence-corrected chi connectivity index (χ3v) is 2.63. The molecule has 1 N–H and O–H groups in total. The Bertz CT molecular complexity index is 535. The molecule has 1 heterocycles. The van der Waals surface area contributed by atoms with Crippen LogP contribution in [0.1, 0.15) is 22.3 Å². The summed E-state index contributed by atoms with van der Waals surface area (Å²) in [6.07, 6.45) is 8.13. The number of hydrogen-bond donors (Lipinski definition) is 1. The van der Waals surface area contributed by atoms with Gasteiger partial charge in [-0.15, -0.1) is 0 Å². The molecule has 0 fully saturated rings. The Labute approximate surface area is 113 Å². The molecule has 1 aromatic carbocycles. The second-order valence-corrected chi connectivity index (χ2v) is 4.10. The molecule has 96 valence electrons. The van der Waals surface area contributed by atoms with Gasteiger partial charge in [-0.05, 0) is 24.1 Å². The largest absolute Gasteiger partial charge is 0.352 e. The molecule has 3 heteroatoms. The van der Waals surface area contributed by atoms with Gasteiger partial charge in [0.05, 0.1) is 5.56 Å². The molecule has 0 aliphatic carbocycles. The molecular weight excluding hydrogens is 236 g/mol. The fourth-order valence-corrected chi connectivity index (χ4v) is 1.65. The van der Waals surface area contributed by atoms with Crippen molar-refractivity contribution < 1.29 is 4.79 Å². The van der Waals surface area contributed by atoms with E-state index in [2.05, 4.69) is 22.5 Å². The second kappa shape index (κ2) is 7.11. The highest BCUT2D eigenvalue weighted by Gasteiger charge is 2.02. The molecule has 0 aliphatic rings. The van der Waals surface area contributed by atoms with Crippen molar-refractivity contribution in [2.24, 2.45) is 0 Å². The highest BCUT2D eigenvalue weighted by Crippen LogP contribution is 2.01. The minimum Gasteiger partial charge on any atom is -0.352 e. The van der Waals surface area contributed by atoms with Crippen LogP contribution in [0.25, 0.3) is 6.08 Å². The van der Waals surface area contributed by atoms with Gasteiger partial charge in [0.15, 0.2) is 0 Å². The highest BCUT2D eigenvalue weighted by atomic mass is 16.1. The van der Waals surface area contributed by atoms with Gasteiger partial charge in [0.1, 0.15) is 0 Å². The van der Waals surface area contributed by atoms with Gasteiger partial charge in [0.25, 0.3) is 5.91 Å². The quantitative estimate of drug-likeness (QED) is 0.831. The Hall–Kier alpha value is -2.42. The zero-order chi connectivity index (χ0) is 13.3. The maximum absolute atomic E-state index is 11.7. The lowest BCUT2D eigenvalue weighted by Crippen LogP contribution is -2.24. The summed E-state index contributed by atoms with van der Waals surface area (Å²) < 4.78 is 0. The average Bonchev–Trinajstić information content (AvgIpc) is 2.49. The van der Waals surface area contributed by atoms with E-state index in [1.807, 2.05) is 30.3 Å².